The molecule has 0 bridgehead atoms. The molecule has 0 unspecified atom stereocenters. The standard InChI is InChI=1S/C15H18ClN3O2/c1-10-14(16)11(2)19(17-10)9-12-5-6-13(21-12)15(20)18-7-3-4-8-18/h5-6H,3-4,7-9H2,1-2H3. The Balaban J connectivity index is 1.75. The maximum atomic E-state index is 12.2. The lowest BCUT2D eigenvalue weighted by Gasteiger charge is -2.12. The highest BCUT2D eigenvalue weighted by Crippen LogP contribution is 2.21. The van der Waals surface area contributed by atoms with Crippen molar-refractivity contribution < 1.29 is 9.21 Å². The SMILES string of the molecule is Cc1nn(Cc2ccc(C(=O)N3CCCC3)o2)c(C)c1Cl. The molecule has 2 aromatic heterocycles. The van der Waals surface area contributed by atoms with E-state index in [-0.39, 0.29) is 5.91 Å². The number of aryl methyl sites for hydroxylation is 1. The van der Waals surface area contributed by atoms with E-state index in [9.17, 15) is 4.79 Å². The fraction of sp³-hybridized carbons (Fsp3) is 0.467. The van der Waals surface area contributed by atoms with E-state index in [4.69, 9.17) is 16.0 Å². The Kier molecular flexibility index (Phi) is 3.76. The van der Waals surface area contributed by atoms with Crippen LogP contribution >= 0.6 is 11.6 Å². The van der Waals surface area contributed by atoms with Crippen LogP contribution in [0.1, 0.15) is 40.5 Å². The van der Waals surface area contributed by atoms with Gasteiger partial charge in [0, 0.05) is 13.1 Å². The van der Waals surface area contributed by atoms with E-state index in [1.807, 2.05) is 24.8 Å². The number of nitrogens with zero attached hydrogens (tertiary/aromatic N) is 3. The van der Waals surface area contributed by atoms with Gasteiger partial charge in [-0.3, -0.25) is 9.48 Å². The lowest BCUT2D eigenvalue weighted by Crippen LogP contribution is -2.27. The van der Waals surface area contributed by atoms with E-state index in [0.717, 1.165) is 37.3 Å². The highest BCUT2D eigenvalue weighted by Gasteiger charge is 2.22. The van der Waals surface area contributed by atoms with E-state index in [0.29, 0.717) is 23.1 Å². The monoisotopic (exact) mass is 307 g/mol. The predicted molar refractivity (Wildman–Crippen MR) is 79.7 cm³/mol. The van der Waals surface area contributed by atoms with Gasteiger partial charge >= 0.3 is 0 Å². The highest BCUT2D eigenvalue weighted by atomic mass is 35.5. The van der Waals surface area contributed by atoms with Crippen molar-refractivity contribution in [2.75, 3.05) is 13.1 Å². The van der Waals surface area contributed by atoms with E-state index >= 15 is 0 Å². The molecule has 5 nitrogen and oxygen atoms in total. The minimum Gasteiger partial charge on any atom is -0.454 e. The van der Waals surface area contributed by atoms with Crippen molar-refractivity contribution in [3.05, 3.63) is 40.1 Å². The largest absolute Gasteiger partial charge is 0.454 e. The van der Waals surface area contributed by atoms with Gasteiger partial charge in [0.1, 0.15) is 5.76 Å². The summed E-state index contributed by atoms with van der Waals surface area (Å²) < 4.78 is 7.46. The van der Waals surface area contributed by atoms with Crippen LogP contribution in [0.25, 0.3) is 0 Å². The number of amides is 1. The molecule has 0 spiro atoms. The van der Waals surface area contributed by atoms with Gasteiger partial charge < -0.3 is 9.32 Å². The van der Waals surface area contributed by atoms with Gasteiger partial charge in [0.15, 0.2) is 5.76 Å². The molecule has 1 saturated heterocycles. The van der Waals surface area contributed by atoms with Gasteiger partial charge in [0.2, 0.25) is 0 Å². The van der Waals surface area contributed by atoms with Crippen LogP contribution in [0, 0.1) is 13.8 Å². The minimum atomic E-state index is -0.0230. The van der Waals surface area contributed by atoms with Crippen molar-refractivity contribution in [3.8, 4) is 0 Å². The first-order valence-electron chi connectivity index (χ1n) is 7.14. The maximum absolute atomic E-state index is 12.2. The Morgan fingerprint density at radius 1 is 1.33 bits per heavy atom. The van der Waals surface area contributed by atoms with Gasteiger partial charge in [0.05, 0.1) is 23.0 Å². The number of hydrogen-bond donors (Lipinski definition) is 0. The molecule has 2 aromatic rings. The molecule has 0 N–H and O–H groups in total. The topological polar surface area (TPSA) is 51.3 Å². The molecule has 3 rings (SSSR count). The zero-order valence-electron chi connectivity index (χ0n) is 12.2. The molecule has 1 aliphatic heterocycles. The summed E-state index contributed by atoms with van der Waals surface area (Å²) >= 11 is 6.13. The van der Waals surface area contributed by atoms with Gasteiger partial charge in [-0.1, -0.05) is 11.6 Å². The molecule has 0 aliphatic carbocycles. The summed E-state index contributed by atoms with van der Waals surface area (Å²) in [7, 11) is 0. The first-order valence-corrected chi connectivity index (χ1v) is 7.51. The molecule has 1 amide bonds. The Hall–Kier alpha value is -1.75. The van der Waals surface area contributed by atoms with Crippen LogP contribution in [0.5, 0.6) is 0 Å². The second kappa shape index (κ2) is 5.56. The summed E-state index contributed by atoms with van der Waals surface area (Å²) in [5.41, 5.74) is 1.70. The van der Waals surface area contributed by atoms with Crippen molar-refractivity contribution in [3.63, 3.8) is 0 Å². The van der Waals surface area contributed by atoms with Gasteiger partial charge in [-0.15, -0.1) is 0 Å². The number of carbonyl (C=O) groups excluding carboxylic acids is 1. The Labute approximate surface area is 128 Å². The van der Waals surface area contributed by atoms with Crippen LogP contribution in [-0.4, -0.2) is 33.7 Å². The number of halogens is 1. The molecule has 0 radical (unpaired) electrons. The lowest BCUT2D eigenvalue weighted by molar-refractivity contribution is 0.0759. The van der Waals surface area contributed by atoms with Crippen molar-refractivity contribution >= 4 is 17.5 Å². The van der Waals surface area contributed by atoms with E-state index < -0.39 is 0 Å². The molecule has 0 atom stereocenters. The number of furan rings is 1. The number of rotatable bonds is 3. The maximum Gasteiger partial charge on any atom is 0.289 e. The second-order valence-corrected chi connectivity index (χ2v) is 5.79. The van der Waals surface area contributed by atoms with Crippen molar-refractivity contribution in [1.29, 1.82) is 0 Å². The summed E-state index contributed by atoms with van der Waals surface area (Å²) in [6, 6.07) is 3.57. The third-order valence-electron chi connectivity index (χ3n) is 3.86. The molecular weight excluding hydrogens is 290 g/mol. The zero-order valence-corrected chi connectivity index (χ0v) is 13.0. The average molecular weight is 308 g/mol. The smallest absolute Gasteiger partial charge is 0.289 e. The first kappa shape index (κ1) is 14.2. The predicted octanol–water partition coefficient (Wildman–Crippen LogP) is 3.03. The van der Waals surface area contributed by atoms with Crippen molar-refractivity contribution in [1.82, 2.24) is 14.7 Å². The summed E-state index contributed by atoms with van der Waals surface area (Å²) in [5.74, 6) is 1.09. The molecule has 0 saturated carbocycles. The van der Waals surface area contributed by atoms with E-state index in [2.05, 4.69) is 5.10 Å². The van der Waals surface area contributed by atoms with Gasteiger partial charge in [0.25, 0.3) is 5.91 Å². The second-order valence-electron chi connectivity index (χ2n) is 5.41. The third-order valence-corrected chi connectivity index (χ3v) is 4.41. The van der Waals surface area contributed by atoms with Gasteiger partial charge in [-0.05, 0) is 38.8 Å². The van der Waals surface area contributed by atoms with Crippen molar-refractivity contribution in [2.45, 2.75) is 33.2 Å². The number of hydrogen-bond acceptors (Lipinski definition) is 3. The molecule has 1 aliphatic rings. The number of likely N-dealkylation sites (tertiary alicyclic amines) is 1. The molecular formula is C15H18ClN3O2. The summed E-state index contributed by atoms with van der Waals surface area (Å²) in [6.07, 6.45) is 2.15. The van der Waals surface area contributed by atoms with E-state index in [1.54, 1.807) is 10.7 Å². The third kappa shape index (κ3) is 2.70. The molecule has 1 fully saturated rings. The lowest BCUT2D eigenvalue weighted by atomic mass is 10.3. The van der Waals surface area contributed by atoms with Crippen LogP contribution in [0.2, 0.25) is 5.02 Å². The van der Waals surface area contributed by atoms with Crippen LogP contribution in [-0.2, 0) is 6.54 Å². The molecule has 112 valence electrons. The Morgan fingerprint density at radius 3 is 2.67 bits per heavy atom. The average Bonchev–Trinajstić information content (AvgIpc) is 3.18. The Morgan fingerprint density at radius 2 is 2.05 bits per heavy atom. The fourth-order valence-electron chi connectivity index (χ4n) is 2.63. The van der Waals surface area contributed by atoms with Crippen LogP contribution in [0.15, 0.2) is 16.5 Å². The molecule has 0 aromatic carbocycles. The van der Waals surface area contributed by atoms with Gasteiger partial charge in [-0.25, -0.2) is 0 Å². The first-order chi connectivity index (χ1) is 10.1. The van der Waals surface area contributed by atoms with Gasteiger partial charge in [-0.2, -0.15) is 5.10 Å². The number of aromatic nitrogens is 2. The van der Waals surface area contributed by atoms with Crippen LogP contribution in [0.3, 0.4) is 0 Å². The number of carbonyl (C=O) groups is 1. The normalized spacial score (nSPS) is 14.9. The Bertz CT molecular complexity index is 669. The fourth-order valence-corrected chi connectivity index (χ4v) is 2.77. The molecule has 21 heavy (non-hydrogen) atoms. The zero-order chi connectivity index (χ0) is 15.0. The minimum absolute atomic E-state index is 0.0230. The van der Waals surface area contributed by atoms with Crippen molar-refractivity contribution in [2.24, 2.45) is 0 Å². The summed E-state index contributed by atoms with van der Waals surface area (Å²) in [6.45, 7) is 5.91. The summed E-state index contributed by atoms with van der Waals surface area (Å²) in [4.78, 5) is 14.1. The van der Waals surface area contributed by atoms with Crippen LogP contribution < -0.4 is 0 Å². The highest BCUT2D eigenvalue weighted by molar-refractivity contribution is 6.31. The molecule has 3 heterocycles. The quantitative estimate of drug-likeness (QED) is 0.876. The molecule has 6 heteroatoms. The van der Waals surface area contributed by atoms with E-state index in [1.165, 1.54) is 0 Å². The van der Waals surface area contributed by atoms with Crippen LogP contribution in [0.4, 0.5) is 0 Å². The summed E-state index contributed by atoms with van der Waals surface area (Å²) in [5, 5.41) is 5.04.